The second-order valence-electron chi connectivity index (χ2n) is 4.38. The van der Waals surface area contributed by atoms with E-state index in [4.69, 9.17) is 11.6 Å². The molecule has 0 amide bonds. The van der Waals surface area contributed by atoms with Crippen LogP contribution < -0.4 is 5.32 Å². The van der Waals surface area contributed by atoms with Crippen molar-refractivity contribution in [3.63, 3.8) is 0 Å². The lowest BCUT2D eigenvalue weighted by molar-refractivity contribution is 0.561. The van der Waals surface area contributed by atoms with Gasteiger partial charge in [0.2, 0.25) is 0 Å². The summed E-state index contributed by atoms with van der Waals surface area (Å²) >= 11 is 7.20. The van der Waals surface area contributed by atoms with Crippen molar-refractivity contribution in [1.82, 2.24) is 10.3 Å². The normalized spacial score (nSPS) is 12.6. The Hall–Kier alpha value is -0.970. The molecule has 5 heteroatoms. The van der Waals surface area contributed by atoms with Gasteiger partial charge in [-0.05, 0) is 38.1 Å². The quantitative estimate of drug-likeness (QED) is 0.868. The largest absolute Gasteiger partial charge is 0.309 e. The Balaban J connectivity index is 2.20. The molecule has 0 saturated heterocycles. The number of hydrogen-bond acceptors (Lipinski definition) is 3. The number of benzene rings is 1. The van der Waals surface area contributed by atoms with E-state index in [0.29, 0.717) is 15.6 Å². The van der Waals surface area contributed by atoms with Gasteiger partial charge in [-0.15, -0.1) is 11.3 Å². The Labute approximate surface area is 121 Å². The van der Waals surface area contributed by atoms with Gasteiger partial charge in [-0.1, -0.05) is 18.5 Å². The Kier molecular flexibility index (Phi) is 4.91. The highest BCUT2D eigenvalue weighted by Gasteiger charge is 2.13. The molecule has 2 aromatic rings. The second kappa shape index (κ2) is 6.46. The van der Waals surface area contributed by atoms with Crippen molar-refractivity contribution in [2.24, 2.45) is 0 Å². The van der Waals surface area contributed by atoms with Gasteiger partial charge in [0.15, 0.2) is 0 Å². The van der Waals surface area contributed by atoms with Crippen LogP contribution in [0.4, 0.5) is 4.39 Å². The molecule has 0 spiro atoms. The summed E-state index contributed by atoms with van der Waals surface area (Å²) in [7, 11) is 0. The summed E-state index contributed by atoms with van der Waals surface area (Å²) in [4.78, 5) is 4.50. The molecule has 0 fully saturated rings. The van der Waals surface area contributed by atoms with E-state index in [0.717, 1.165) is 18.7 Å². The third-order valence-electron chi connectivity index (χ3n) is 2.83. The van der Waals surface area contributed by atoms with Crippen LogP contribution in [0.15, 0.2) is 23.6 Å². The van der Waals surface area contributed by atoms with Crippen LogP contribution in [0.2, 0.25) is 5.02 Å². The fraction of sp³-hybridized carbons (Fsp3) is 0.357. The molecule has 1 unspecified atom stereocenters. The van der Waals surface area contributed by atoms with Crippen LogP contribution >= 0.6 is 22.9 Å². The molecule has 1 N–H and O–H groups in total. The SMILES string of the molecule is CCCNC(C)c1csc(-c2ccc(Cl)cc2F)n1. The Morgan fingerprint density at radius 2 is 2.26 bits per heavy atom. The molecule has 2 nitrogen and oxygen atoms in total. The van der Waals surface area contributed by atoms with Crippen molar-refractivity contribution in [3.05, 3.63) is 40.1 Å². The smallest absolute Gasteiger partial charge is 0.134 e. The van der Waals surface area contributed by atoms with Crippen LogP contribution in [0.5, 0.6) is 0 Å². The minimum Gasteiger partial charge on any atom is -0.309 e. The molecular weight excluding hydrogens is 283 g/mol. The third kappa shape index (κ3) is 3.53. The maximum absolute atomic E-state index is 13.8. The first-order valence-corrected chi connectivity index (χ1v) is 7.51. The molecule has 0 saturated carbocycles. The molecule has 1 aromatic carbocycles. The zero-order valence-electron chi connectivity index (χ0n) is 10.9. The molecule has 0 aliphatic rings. The predicted molar refractivity (Wildman–Crippen MR) is 79.2 cm³/mol. The fourth-order valence-electron chi connectivity index (χ4n) is 1.74. The summed E-state index contributed by atoms with van der Waals surface area (Å²) in [6.45, 7) is 5.13. The van der Waals surface area contributed by atoms with Gasteiger partial charge < -0.3 is 5.32 Å². The molecule has 1 aromatic heterocycles. The third-order valence-corrected chi connectivity index (χ3v) is 3.96. The van der Waals surface area contributed by atoms with Gasteiger partial charge >= 0.3 is 0 Å². The number of thiazole rings is 1. The van der Waals surface area contributed by atoms with E-state index in [2.05, 4.69) is 24.1 Å². The van der Waals surface area contributed by atoms with Crippen molar-refractivity contribution >= 4 is 22.9 Å². The summed E-state index contributed by atoms with van der Waals surface area (Å²) in [5.74, 6) is -0.331. The number of nitrogens with one attached hydrogen (secondary N) is 1. The molecule has 0 aliphatic carbocycles. The van der Waals surface area contributed by atoms with Crippen molar-refractivity contribution in [1.29, 1.82) is 0 Å². The predicted octanol–water partition coefficient (Wildman–Crippen LogP) is 4.66. The molecule has 2 rings (SSSR count). The van der Waals surface area contributed by atoms with Crippen LogP contribution in [0.1, 0.15) is 32.0 Å². The number of hydrogen-bond donors (Lipinski definition) is 1. The zero-order valence-corrected chi connectivity index (χ0v) is 12.5. The first kappa shape index (κ1) is 14.4. The van der Waals surface area contributed by atoms with Crippen molar-refractivity contribution < 1.29 is 4.39 Å². The molecule has 0 radical (unpaired) electrons. The summed E-state index contributed by atoms with van der Waals surface area (Å²) in [6.07, 6.45) is 1.08. The Morgan fingerprint density at radius 1 is 1.47 bits per heavy atom. The Morgan fingerprint density at radius 3 is 2.95 bits per heavy atom. The van der Waals surface area contributed by atoms with Crippen LogP contribution in [0, 0.1) is 5.82 Å². The second-order valence-corrected chi connectivity index (χ2v) is 5.67. The highest BCUT2D eigenvalue weighted by molar-refractivity contribution is 7.13. The Bertz CT molecular complexity index is 556. The van der Waals surface area contributed by atoms with Crippen LogP contribution in [0.3, 0.4) is 0 Å². The topological polar surface area (TPSA) is 24.9 Å². The van der Waals surface area contributed by atoms with Gasteiger partial charge in [0.25, 0.3) is 0 Å². The average Bonchev–Trinajstić information content (AvgIpc) is 2.85. The van der Waals surface area contributed by atoms with E-state index >= 15 is 0 Å². The van der Waals surface area contributed by atoms with Gasteiger partial charge in [0.05, 0.1) is 5.69 Å². The van der Waals surface area contributed by atoms with Crippen LogP contribution in [-0.2, 0) is 0 Å². The minimum atomic E-state index is -0.331. The van der Waals surface area contributed by atoms with E-state index in [1.54, 1.807) is 12.1 Å². The first-order valence-electron chi connectivity index (χ1n) is 6.26. The van der Waals surface area contributed by atoms with Gasteiger partial charge in [0.1, 0.15) is 10.8 Å². The number of rotatable bonds is 5. The molecular formula is C14H16ClFN2S. The number of aromatic nitrogens is 1. The molecule has 0 aliphatic heterocycles. The van der Waals surface area contributed by atoms with Gasteiger partial charge in [0, 0.05) is 22.0 Å². The van der Waals surface area contributed by atoms with E-state index in [1.807, 2.05) is 5.38 Å². The van der Waals surface area contributed by atoms with Gasteiger partial charge in [-0.25, -0.2) is 9.37 Å². The lowest BCUT2D eigenvalue weighted by atomic mass is 10.2. The lowest BCUT2D eigenvalue weighted by Crippen LogP contribution is -2.19. The zero-order chi connectivity index (χ0) is 13.8. The highest BCUT2D eigenvalue weighted by Crippen LogP contribution is 2.29. The van der Waals surface area contributed by atoms with E-state index in [1.165, 1.54) is 17.4 Å². The highest BCUT2D eigenvalue weighted by atomic mass is 35.5. The molecule has 102 valence electrons. The van der Waals surface area contributed by atoms with E-state index in [9.17, 15) is 4.39 Å². The van der Waals surface area contributed by atoms with Crippen LogP contribution in [-0.4, -0.2) is 11.5 Å². The van der Waals surface area contributed by atoms with E-state index < -0.39 is 0 Å². The van der Waals surface area contributed by atoms with E-state index in [-0.39, 0.29) is 11.9 Å². The standard InChI is InChI=1S/C14H16ClFN2S/c1-3-6-17-9(2)13-8-19-14(18-13)11-5-4-10(15)7-12(11)16/h4-5,7-9,17H,3,6H2,1-2H3. The summed E-state index contributed by atoms with van der Waals surface area (Å²) in [6, 6.07) is 4.85. The summed E-state index contributed by atoms with van der Waals surface area (Å²) in [5.41, 5.74) is 1.45. The first-order chi connectivity index (χ1) is 9.11. The fourth-order valence-corrected chi connectivity index (χ4v) is 2.84. The molecule has 1 heterocycles. The van der Waals surface area contributed by atoms with Crippen LogP contribution in [0.25, 0.3) is 10.6 Å². The van der Waals surface area contributed by atoms with Crippen molar-refractivity contribution in [2.75, 3.05) is 6.54 Å². The minimum absolute atomic E-state index is 0.181. The van der Waals surface area contributed by atoms with Crippen molar-refractivity contribution in [3.8, 4) is 10.6 Å². The average molecular weight is 299 g/mol. The number of nitrogens with zero attached hydrogens (tertiary/aromatic N) is 1. The van der Waals surface area contributed by atoms with Gasteiger partial charge in [-0.3, -0.25) is 0 Å². The maximum Gasteiger partial charge on any atom is 0.134 e. The molecule has 1 atom stereocenters. The summed E-state index contributed by atoms with van der Waals surface area (Å²) < 4.78 is 13.8. The number of halogens is 2. The van der Waals surface area contributed by atoms with Gasteiger partial charge in [-0.2, -0.15) is 0 Å². The maximum atomic E-state index is 13.8. The molecule has 0 bridgehead atoms. The monoisotopic (exact) mass is 298 g/mol. The lowest BCUT2D eigenvalue weighted by Gasteiger charge is -2.09. The molecule has 19 heavy (non-hydrogen) atoms. The van der Waals surface area contributed by atoms with Crippen molar-refractivity contribution in [2.45, 2.75) is 26.3 Å². The summed E-state index contributed by atoms with van der Waals surface area (Å²) in [5, 5.41) is 6.42.